The molecule has 1 aliphatic heterocycles. The van der Waals surface area contributed by atoms with Gasteiger partial charge in [-0.3, -0.25) is 0 Å². The van der Waals surface area contributed by atoms with Crippen molar-refractivity contribution in [3.8, 4) is 0 Å². The molecular formula is C13H20F2N2O3S. The third kappa shape index (κ3) is 3.30. The van der Waals surface area contributed by atoms with E-state index in [9.17, 15) is 17.2 Å². The number of amidine groups is 1. The van der Waals surface area contributed by atoms with E-state index in [1.54, 1.807) is 0 Å². The molecule has 0 aromatic rings. The zero-order chi connectivity index (χ0) is 15.1. The van der Waals surface area contributed by atoms with Crippen LogP contribution >= 0.6 is 0 Å². The van der Waals surface area contributed by atoms with Crippen molar-refractivity contribution in [2.24, 2.45) is 4.99 Å². The molecule has 0 bridgehead atoms. The first-order chi connectivity index (χ1) is 9.86. The molecule has 3 rings (SSSR count). The van der Waals surface area contributed by atoms with Crippen LogP contribution in [-0.2, 0) is 14.8 Å². The first kappa shape index (κ1) is 15.0. The van der Waals surface area contributed by atoms with Crippen LogP contribution in [0.1, 0.15) is 51.4 Å². The highest BCUT2D eigenvalue weighted by molar-refractivity contribution is 7.90. The lowest BCUT2D eigenvalue weighted by Crippen LogP contribution is -2.54. The maximum Gasteiger partial charge on any atom is 0.299 e. The normalized spacial score (nSPS) is 39.9. The number of halogens is 2. The van der Waals surface area contributed by atoms with Gasteiger partial charge in [-0.2, -0.15) is 0 Å². The largest absolute Gasteiger partial charge is 0.460 e. The third-order valence-electron chi connectivity index (χ3n) is 4.45. The Hall–Kier alpha value is -0.920. The number of nitrogens with zero attached hydrogens (tertiary/aromatic N) is 1. The first-order valence-corrected chi connectivity index (χ1v) is 9.04. The van der Waals surface area contributed by atoms with E-state index in [0.717, 1.165) is 12.8 Å². The minimum Gasteiger partial charge on any atom is -0.460 e. The molecule has 0 radical (unpaired) electrons. The predicted molar refractivity (Wildman–Crippen MR) is 73.8 cm³/mol. The Bertz CT molecular complexity index is 536. The molecule has 0 amide bonds. The summed E-state index contributed by atoms with van der Waals surface area (Å²) < 4.78 is 59.0. The first-order valence-electron chi connectivity index (χ1n) is 7.50. The Morgan fingerprint density at radius 3 is 2.71 bits per heavy atom. The summed E-state index contributed by atoms with van der Waals surface area (Å²) in [6.45, 7) is 0. The Morgan fingerprint density at radius 1 is 1.19 bits per heavy atom. The van der Waals surface area contributed by atoms with Crippen molar-refractivity contribution in [2.75, 3.05) is 0 Å². The molecule has 3 unspecified atom stereocenters. The highest BCUT2D eigenvalue weighted by Crippen LogP contribution is 2.35. The minimum absolute atomic E-state index is 0.0964. The fraction of sp³-hybridized carbons (Fsp3) is 0.923. The lowest BCUT2D eigenvalue weighted by atomic mass is 9.92. The maximum absolute atomic E-state index is 13.4. The van der Waals surface area contributed by atoms with Crippen LogP contribution in [0.5, 0.6) is 0 Å². The van der Waals surface area contributed by atoms with Gasteiger partial charge in [0.1, 0.15) is 11.4 Å². The molecule has 2 saturated carbocycles. The molecule has 120 valence electrons. The van der Waals surface area contributed by atoms with Crippen molar-refractivity contribution in [3.05, 3.63) is 0 Å². The number of fused-ring (bicyclic) bond motifs is 1. The quantitative estimate of drug-likeness (QED) is 0.804. The fourth-order valence-corrected chi connectivity index (χ4v) is 4.96. The summed E-state index contributed by atoms with van der Waals surface area (Å²) in [5.74, 6) is -2.71. The summed E-state index contributed by atoms with van der Waals surface area (Å²) in [4.78, 5) is 4.10. The fourth-order valence-electron chi connectivity index (χ4n) is 3.40. The van der Waals surface area contributed by atoms with Gasteiger partial charge in [0.15, 0.2) is 0 Å². The minimum atomic E-state index is -3.51. The zero-order valence-corrected chi connectivity index (χ0v) is 12.5. The smallest absolute Gasteiger partial charge is 0.299 e. The molecule has 0 aromatic carbocycles. The van der Waals surface area contributed by atoms with Gasteiger partial charge in [0, 0.05) is 12.8 Å². The van der Waals surface area contributed by atoms with Crippen molar-refractivity contribution >= 4 is 16.0 Å². The number of alkyl halides is 2. The zero-order valence-electron chi connectivity index (χ0n) is 11.7. The van der Waals surface area contributed by atoms with E-state index in [2.05, 4.69) is 9.71 Å². The van der Waals surface area contributed by atoms with E-state index in [1.165, 1.54) is 0 Å². The van der Waals surface area contributed by atoms with Crippen LogP contribution in [-0.4, -0.2) is 37.8 Å². The van der Waals surface area contributed by atoms with Gasteiger partial charge in [-0.1, -0.05) is 6.42 Å². The van der Waals surface area contributed by atoms with Crippen LogP contribution in [0, 0.1) is 0 Å². The lowest BCUT2D eigenvalue weighted by Gasteiger charge is -2.36. The molecule has 1 heterocycles. The second kappa shape index (κ2) is 5.37. The highest BCUT2D eigenvalue weighted by Gasteiger charge is 2.43. The van der Waals surface area contributed by atoms with Crippen molar-refractivity contribution in [3.63, 3.8) is 0 Å². The second-order valence-corrected chi connectivity index (χ2v) is 8.07. The summed E-state index contributed by atoms with van der Waals surface area (Å²) in [6.07, 6.45) is 3.12. The van der Waals surface area contributed by atoms with Crippen LogP contribution in [0.2, 0.25) is 0 Å². The van der Waals surface area contributed by atoms with Gasteiger partial charge in [0.05, 0.1) is 6.04 Å². The highest BCUT2D eigenvalue weighted by atomic mass is 32.2. The van der Waals surface area contributed by atoms with Gasteiger partial charge in [0.25, 0.3) is 6.02 Å². The monoisotopic (exact) mass is 322 g/mol. The molecule has 3 atom stereocenters. The summed E-state index contributed by atoms with van der Waals surface area (Å²) in [5, 5.41) is -0.544. The number of hydrogen-bond acceptors (Lipinski definition) is 4. The predicted octanol–water partition coefficient (Wildman–Crippen LogP) is 2.18. The standard InChI is InChI=1S/C13H20F2N2O3S/c14-13(15)7-3-4-9(8-13)16-12-17-21(18,19)11-6-2-1-5-10(11)20-12/h9-11H,1-8H2,(H,16,17). The van der Waals surface area contributed by atoms with Crippen LogP contribution in [0.3, 0.4) is 0 Å². The van der Waals surface area contributed by atoms with Crippen LogP contribution in [0.4, 0.5) is 8.78 Å². The van der Waals surface area contributed by atoms with Crippen molar-refractivity contribution in [1.82, 2.24) is 4.72 Å². The van der Waals surface area contributed by atoms with Crippen molar-refractivity contribution < 1.29 is 21.9 Å². The summed E-state index contributed by atoms with van der Waals surface area (Å²) in [6, 6.07) is -0.674. The van der Waals surface area contributed by atoms with Gasteiger partial charge in [-0.15, -0.1) is 0 Å². The van der Waals surface area contributed by atoms with E-state index in [1.807, 2.05) is 0 Å². The lowest BCUT2D eigenvalue weighted by molar-refractivity contribution is -0.0396. The average molecular weight is 322 g/mol. The molecule has 1 saturated heterocycles. The van der Waals surface area contributed by atoms with E-state index in [-0.39, 0.29) is 18.9 Å². The Balaban J connectivity index is 1.75. The molecule has 21 heavy (non-hydrogen) atoms. The van der Waals surface area contributed by atoms with Crippen LogP contribution in [0.25, 0.3) is 0 Å². The van der Waals surface area contributed by atoms with Crippen LogP contribution < -0.4 is 4.72 Å². The number of ether oxygens (including phenoxy) is 1. The van der Waals surface area contributed by atoms with Gasteiger partial charge in [-0.05, 0) is 32.1 Å². The Kier molecular flexibility index (Phi) is 3.83. The molecule has 0 aromatic heterocycles. The molecule has 3 aliphatic rings. The Labute approximate surface area is 123 Å². The summed E-state index contributed by atoms with van der Waals surface area (Å²) in [5.41, 5.74) is 0. The number of aliphatic imine (C=N–C) groups is 1. The molecule has 0 spiro atoms. The topological polar surface area (TPSA) is 67.8 Å². The summed E-state index contributed by atoms with van der Waals surface area (Å²) >= 11 is 0. The van der Waals surface area contributed by atoms with E-state index in [0.29, 0.717) is 25.7 Å². The van der Waals surface area contributed by atoms with E-state index in [4.69, 9.17) is 4.74 Å². The van der Waals surface area contributed by atoms with Gasteiger partial charge in [0.2, 0.25) is 15.9 Å². The molecule has 1 N–H and O–H groups in total. The molecule has 3 fully saturated rings. The number of rotatable bonds is 1. The Morgan fingerprint density at radius 2 is 1.95 bits per heavy atom. The van der Waals surface area contributed by atoms with E-state index >= 15 is 0 Å². The molecule has 8 heteroatoms. The van der Waals surface area contributed by atoms with Gasteiger partial charge in [-0.25, -0.2) is 26.9 Å². The molecular weight excluding hydrogens is 302 g/mol. The van der Waals surface area contributed by atoms with Gasteiger partial charge < -0.3 is 4.74 Å². The second-order valence-electron chi connectivity index (χ2n) is 6.17. The number of hydrogen-bond donors (Lipinski definition) is 1. The third-order valence-corrected chi connectivity index (χ3v) is 6.24. The van der Waals surface area contributed by atoms with Gasteiger partial charge >= 0.3 is 0 Å². The molecule has 5 nitrogen and oxygen atoms in total. The SMILES string of the molecule is O=S1(=O)NC(=NC2CCCC(F)(F)C2)OC2CCCCC21. The molecule has 2 aliphatic carbocycles. The van der Waals surface area contributed by atoms with E-state index < -0.39 is 33.3 Å². The number of sulfonamides is 1. The van der Waals surface area contributed by atoms with Crippen LogP contribution in [0.15, 0.2) is 4.99 Å². The summed E-state index contributed by atoms with van der Waals surface area (Å²) in [7, 11) is -3.51. The van der Waals surface area contributed by atoms with Crippen molar-refractivity contribution in [2.45, 2.75) is 74.7 Å². The average Bonchev–Trinajstić information content (AvgIpc) is 2.36. The maximum atomic E-state index is 13.4. The van der Waals surface area contributed by atoms with Crippen molar-refractivity contribution in [1.29, 1.82) is 0 Å². The number of nitrogens with one attached hydrogen (secondary N) is 1.